The third kappa shape index (κ3) is 76.3. The van der Waals surface area contributed by atoms with Crippen molar-refractivity contribution in [3.05, 3.63) is 0 Å². The van der Waals surface area contributed by atoms with E-state index < -0.39 is 0 Å². The van der Waals surface area contributed by atoms with Crippen molar-refractivity contribution in [2.24, 2.45) is 0 Å². The lowest BCUT2D eigenvalue weighted by Gasteiger charge is -1.96. The van der Waals surface area contributed by atoms with Crippen LogP contribution in [0.25, 0.3) is 0 Å². The van der Waals surface area contributed by atoms with Crippen molar-refractivity contribution >= 4 is 0 Å². The third-order valence-corrected chi connectivity index (χ3v) is 0.733. The molecule has 0 radical (unpaired) electrons. The summed E-state index contributed by atoms with van der Waals surface area (Å²) >= 11 is 0. The Morgan fingerprint density at radius 2 is 1.31 bits per heavy atom. The summed E-state index contributed by atoms with van der Waals surface area (Å²) in [7, 11) is 1.71. The Labute approximate surface area is 86.1 Å². The summed E-state index contributed by atoms with van der Waals surface area (Å²) in [6.45, 7) is 16.9. The monoisotopic (exact) mass is 193 g/mol. The van der Waals surface area contributed by atoms with Crippen LogP contribution in [0.4, 0.5) is 0 Å². The van der Waals surface area contributed by atoms with E-state index in [1.54, 1.807) is 7.11 Å². The van der Waals surface area contributed by atoms with Crippen molar-refractivity contribution in [3.63, 3.8) is 0 Å². The summed E-state index contributed by atoms with van der Waals surface area (Å²) in [5.41, 5.74) is 0. The van der Waals surface area contributed by atoms with E-state index in [1.807, 2.05) is 41.5 Å². The van der Waals surface area contributed by atoms with Crippen LogP contribution in [0.2, 0.25) is 0 Å². The van der Waals surface area contributed by atoms with E-state index >= 15 is 0 Å². The van der Waals surface area contributed by atoms with Gasteiger partial charge in [0, 0.05) is 13.7 Å². The van der Waals surface area contributed by atoms with Gasteiger partial charge < -0.3 is 10.1 Å². The molecule has 0 bridgehead atoms. The summed E-state index contributed by atoms with van der Waals surface area (Å²) in [5, 5.41) is 3.12. The van der Waals surface area contributed by atoms with Crippen LogP contribution in [0.3, 0.4) is 0 Å². The summed E-state index contributed by atoms with van der Waals surface area (Å²) in [6, 6.07) is 0. The van der Waals surface area contributed by atoms with Crippen LogP contribution in [-0.2, 0) is 4.74 Å². The van der Waals surface area contributed by atoms with Gasteiger partial charge in [-0.1, -0.05) is 48.5 Å². The van der Waals surface area contributed by atoms with Crippen molar-refractivity contribution in [3.8, 4) is 0 Å². The van der Waals surface area contributed by atoms with Crippen molar-refractivity contribution in [2.75, 3.05) is 26.8 Å². The van der Waals surface area contributed by atoms with Crippen molar-refractivity contribution in [1.29, 1.82) is 0 Å². The fraction of sp³-hybridized carbons (Fsp3) is 1.00. The van der Waals surface area contributed by atoms with E-state index in [2.05, 4.69) is 12.2 Å². The number of hydrogen-bond donors (Lipinski definition) is 1. The minimum absolute atomic E-state index is 0.813. The maximum absolute atomic E-state index is 4.78. The zero-order valence-corrected chi connectivity index (χ0v) is 11.0. The Bertz CT molecular complexity index is 29.3. The molecule has 0 spiro atoms. The topological polar surface area (TPSA) is 21.3 Å². The quantitative estimate of drug-likeness (QED) is 0.692. The van der Waals surface area contributed by atoms with Gasteiger partial charge in [0.2, 0.25) is 0 Å². The molecule has 0 rings (SSSR count). The van der Waals surface area contributed by atoms with Gasteiger partial charge in [-0.2, -0.15) is 0 Å². The number of nitrogens with one attached hydrogen (secondary N) is 1. The average Bonchev–Trinajstić information content (AvgIpc) is 2.27. The summed E-state index contributed by atoms with van der Waals surface area (Å²) in [6.07, 6.45) is 0. The largest absolute Gasteiger partial charge is 0.383 e. The minimum atomic E-state index is 0.813. The lowest BCUT2D eigenvalue weighted by atomic mass is 10.6. The number of ether oxygens (including phenoxy) is 1. The van der Waals surface area contributed by atoms with E-state index in [4.69, 9.17) is 4.74 Å². The van der Waals surface area contributed by atoms with Crippen LogP contribution in [0.1, 0.15) is 48.5 Å². The number of likely N-dealkylation sites (N-methyl/N-ethyl adjacent to an activating group) is 1. The molecule has 86 valence electrons. The van der Waals surface area contributed by atoms with Crippen LogP contribution in [0, 0.1) is 0 Å². The predicted octanol–water partition coefficient (Wildman–Crippen LogP) is 3.32. The second-order valence-electron chi connectivity index (χ2n) is 1.35. The Balaban J connectivity index is -0.0000000573. The van der Waals surface area contributed by atoms with Gasteiger partial charge in [-0.15, -0.1) is 0 Å². The van der Waals surface area contributed by atoms with E-state index in [-0.39, 0.29) is 0 Å². The number of hydrogen-bond acceptors (Lipinski definition) is 2. The van der Waals surface area contributed by atoms with Gasteiger partial charge in [-0.3, -0.25) is 0 Å². The van der Waals surface area contributed by atoms with Gasteiger partial charge in [-0.25, -0.2) is 0 Å². The fourth-order valence-corrected chi connectivity index (χ4v) is 0.351. The molecule has 0 heterocycles. The van der Waals surface area contributed by atoms with Gasteiger partial charge in [0.05, 0.1) is 6.61 Å². The van der Waals surface area contributed by atoms with Crippen LogP contribution in [0.5, 0.6) is 0 Å². The second kappa shape index (κ2) is 58.7. The Kier molecular flexibility index (Phi) is 104. The van der Waals surface area contributed by atoms with Gasteiger partial charge in [0.15, 0.2) is 0 Å². The minimum Gasteiger partial charge on any atom is -0.383 e. The summed E-state index contributed by atoms with van der Waals surface area (Å²) < 4.78 is 4.78. The Hall–Kier alpha value is -0.0800. The van der Waals surface area contributed by atoms with E-state index in [1.165, 1.54) is 0 Å². The van der Waals surface area contributed by atoms with Crippen LogP contribution < -0.4 is 5.32 Å². The molecular formula is C11H31NO. The number of rotatable bonds is 4. The van der Waals surface area contributed by atoms with Crippen molar-refractivity contribution in [1.82, 2.24) is 5.32 Å². The molecule has 0 amide bonds. The standard InChI is InChI=1S/C5H13NO.3C2H6/c1-3-6-4-5-7-2;3*1-2/h6H,3-5H2,1-2H3;3*1-2H3. The molecular weight excluding hydrogens is 162 g/mol. The van der Waals surface area contributed by atoms with Crippen molar-refractivity contribution in [2.45, 2.75) is 48.5 Å². The smallest absolute Gasteiger partial charge is 0.0587 e. The molecule has 0 aromatic heterocycles. The highest BCUT2D eigenvalue weighted by atomic mass is 16.5. The molecule has 0 aliphatic heterocycles. The Morgan fingerprint density at radius 1 is 0.923 bits per heavy atom. The SMILES string of the molecule is CC.CC.CC.CCNCCOC. The summed E-state index contributed by atoms with van der Waals surface area (Å²) in [4.78, 5) is 0. The molecule has 0 aromatic rings. The normalized spacial score (nSPS) is 6.46. The second-order valence-corrected chi connectivity index (χ2v) is 1.35. The van der Waals surface area contributed by atoms with Gasteiger partial charge in [-0.05, 0) is 6.54 Å². The molecule has 0 aliphatic rings. The molecule has 0 aromatic carbocycles. The van der Waals surface area contributed by atoms with E-state index in [0.717, 1.165) is 19.7 Å². The molecule has 0 saturated carbocycles. The molecule has 0 unspecified atom stereocenters. The van der Waals surface area contributed by atoms with Crippen LogP contribution in [0.15, 0.2) is 0 Å². The molecule has 0 atom stereocenters. The van der Waals surface area contributed by atoms with Gasteiger partial charge >= 0.3 is 0 Å². The molecule has 0 saturated heterocycles. The van der Waals surface area contributed by atoms with Gasteiger partial charge in [0.1, 0.15) is 0 Å². The molecule has 2 heteroatoms. The molecule has 2 nitrogen and oxygen atoms in total. The maximum atomic E-state index is 4.78. The summed E-state index contributed by atoms with van der Waals surface area (Å²) in [5.74, 6) is 0. The first-order valence-corrected chi connectivity index (χ1v) is 5.61. The lowest BCUT2D eigenvalue weighted by Crippen LogP contribution is -2.17. The van der Waals surface area contributed by atoms with E-state index in [9.17, 15) is 0 Å². The fourth-order valence-electron chi connectivity index (χ4n) is 0.351. The first kappa shape index (κ1) is 23.1. The van der Waals surface area contributed by atoms with Crippen LogP contribution >= 0.6 is 0 Å². The van der Waals surface area contributed by atoms with Gasteiger partial charge in [0.25, 0.3) is 0 Å². The molecule has 13 heavy (non-hydrogen) atoms. The zero-order valence-electron chi connectivity index (χ0n) is 11.0. The highest BCUT2D eigenvalue weighted by Gasteiger charge is 1.76. The van der Waals surface area contributed by atoms with E-state index in [0.29, 0.717) is 0 Å². The maximum Gasteiger partial charge on any atom is 0.0587 e. The highest BCUT2D eigenvalue weighted by Crippen LogP contribution is 1.61. The lowest BCUT2D eigenvalue weighted by molar-refractivity contribution is 0.200. The molecule has 1 N–H and O–H groups in total. The average molecular weight is 193 g/mol. The zero-order chi connectivity index (χ0) is 11.5. The Morgan fingerprint density at radius 3 is 1.54 bits per heavy atom. The van der Waals surface area contributed by atoms with Crippen molar-refractivity contribution < 1.29 is 4.74 Å². The third-order valence-electron chi connectivity index (χ3n) is 0.733. The molecule has 0 aliphatic carbocycles. The molecule has 0 fully saturated rings. The highest BCUT2D eigenvalue weighted by molar-refractivity contribution is 4.36. The predicted molar refractivity (Wildman–Crippen MR) is 64.5 cm³/mol. The first-order chi connectivity index (χ1) is 6.41. The number of methoxy groups -OCH3 is 1. The van der Waals surface area contributed by atoms with Crippen LogP contribution in [-0.4, -0.2) is 26.8 Å². The first-order valence-electron chi connectivity index (χ1n) is 5.61.